The first kappa shape index (κ1) is 19.2. The molecule has 0 saturated heterocycles. The highest BCUT2D eigenvalue weighted by Gasteiger charge is 2.08. The lowest BCUT2D eigenvalue weighted by Crippen LogP contribution is -2.26. The maximum Gasteiger partial charge on any atom is 0.338 e. The lowest BCUT2D eigenvalue weighted by molar-refractivity contribution is -0.117. The molecule has 1 amide bonds. The molecule has 6 heteroatoms. The van der Waals surface area contributed by atoms with Crippen molar-refractivity contribution < 1.29 is 14.3 Å². The standard InChI is InChI=1S/C18H23N3O3/c1-3-5-10-21-17(22)16(11-19)13-20-12-14-6-8-15(9-7-14)18(23)24-4-2/h6-9,13,20H,3-5,10,12H2,1-2H3,(H,21,22)/b16-13-. The van der Waals surface area contributed by atoms with Crippen LogP contribution in [0.1, 0.15) is 42.6 Å². The SMILES string of the molecule is CCCCNC(=O)/C(C#N)=C\NCc1ccc(C(=O)OCC)cc1. The van der Waals surface area contributed by atoms with Gasteiger partial charge in [0.15, 0.2) is 0 Å². The van der Waals surface area contributed by atoms with E-state index in [-0.39, 0.29) is 17.4 Å². The summed E-state index contributed by atoms with van der Waals surface area (Å²) in [6.45, 7) is 5.13. The maximum absolute atomic E-state index is 11.8. The highest BCUT2D eigenvalue weighted by Crippen LogP contribution is 2.06. The number of ether oxygens (including phenoxy) is 1. The normalized spacial score (nSPS) is 10.6. The van der Waals surface area contributed by atoms with Crippen LogP contribution in [-0.4, -0.2) is 25.0 Å². The highest BCUT2D eigenvalue weighted by molar-refractivity contribution is 5.97. The third kappa shape index (κ3) is 6.53. The molecule has 0 radical (unpaired) electrons. The van der Waals surface area contributed by atoms with Crippen molar-refractivity contribution in [2.45, 2.75) is 33.2 Å². The Labute approximate surface area is 142 Å². The van der Waals surface area contributed by atoms with Crippen LogP contribution in [0.25, 0.3) is 0 Å². The Bertz CT molecular complexity index is 615. The number of carbonyl (C=O) groups is 2. The van der Waals surface area contributed by atoms with E-state index in [9.17, 15) is 9.59 Å². The van der Waals surface area contributed by atoms with Gasteiger partial charge >= 0.3 is 5.97 Å². The first-order valence-electron chi connectivity index (χ1n) is 8.00. The van der Waals surface area contributed by atoms with Gasteiger partial charge in [0.2, 0.25) is 0 Å². The molecule has 0 aliphatic rings. The smallest absolute Gasteiger partial charge is 0.338 e. The van der Waals surface area contributed by atoms with E-state index in [1.54, 1.807) is 31.2 Å². The molecule has 0 atom stereocenters. The number of carbonyl (C=O) groups excluding carboxylic acids is 2. The molecule has 0 fully saturated rings. The zero-order valence-corrected chi connectivity index (χ0v) is 14.1. The second kappa shape index (κ2) is 10.8. The number of amides is 1. The number of esters is 1. The fraction of sp³-hybridized carbons (Fsp3) is 0.389. The third-order valence-electron chi connectivity index (χ3n) is 3.20. The van der Waals surface area contributed by atoms with Gasteiger partial charge in [-0.2, -0.15) is 5.26 Å². The van der Waals surface area contributed by atoms with Crippen molar-refractivity contribution in [1.29, 1.82) is 5.26 Å². The number of hydrogen-bond acceptors (Lipinski definition) is 5. The number of rotatable bonds is 9. The van der Waals surface area contributed by atoms with Crippen molar-refractivity contribution in [3.8, 4) is 6.07 Å². The van der Waals surface area contributed by atoms with Crippen LogP contribution in [0, 0.1) is 11.3 Å². The Hall–Kier alpha value is -2.81. The van der Waals surface area contributed by atoms with Crippen molar-refractivity contribution in [1.82, 2.24) is 10.6 Å². The van der Waals surface area contributed by atoms with Gasteiger partial charge in [-0.05, 0) is 31.0 Å². The zero-order chi connectivity index (χ0) is 17.8. The summed E-state index contributed by atoms with van der Waals surface area (Å²) in [4.78, 5) is 23.3. The Kier molecular flexibility index (Phi) is 8.69. The lowest BCUT2D eigenvalue weighted by atomic mass is 10.1. The first-order chi connectivity index (χ1) is 11.6. The largest absolute Gasteiger partial charge is 0.462 e. The summed E-state index contributed by atoms with van der Waals surface area (Å²) < 4.78 is 4.92. The number of nitrogens with one attached hydrogen (secondary N) is 2. The van der Waals surface area contributed by atoms with Crippen molar-refractivity contribution >= 4 is 11.9 Å². The molecule has 0 aromatic heterocycles. The number of hydrogen-bond donors (Lipinski definition) is 2. The van der Waals surface area contributed by atoms with Crippen LogP contribution >= 0.6 is 0 Å². The average Bonchev–Trinajstić information content (AvgIpc) is 2.59. The zero-order valence-electron chi connectivity index (χ0n) is 14.1. The Morgan fingerprint density at radius 2 is 1.96 bits per heavy atom. The Morgan fingerprint density at radius 1 is 1.25 bits per heavy atom. The van der Waals surface area contributed by atoms with Crippen molar-refractivity contribution in [3.05, 3.63) is 47.2 Å². The molecule has 128 valence electrons. The van der Waals surface area contributed by atoms with Crippen LogP contribution in [0.2, 0.25) is 0 Å². The summed E-state index contributed by atoms with van der Waals surface area (Å²) in [5, 5.41) is 14.7. The van der Waals surface area contributed by atoms with Gasteiger partial charge < -0.3 is 15.4 Å². The summed E-state index contributed by atoms with van der Waals surface area (Å²) in [5.74, 6) is -0.733. The summed E-state index contributed by atoms with van der Waals surface area (Å²) in [6.07, 6.45) is 3.26. The number of benzene rings is 1. The predicted octanol–water partition coefficient (Wildman–Crippen LogP) is 2.28. The number of unbranched alkanes of at least 4 members (excludes halogenated alkanes) is 1. The lowest BCUT2D eigenvalue weighted by Gasteiger charge is -2.06. The molecular weight excluding hydrogens is 306 g/mol. The monoisotopic (exact) mass is 329 g/mol. The van der Waals surface area contributed by atoms with Crippen molar-refractivity contribution in [2.75, 3.05) is 13.2 Å². The van der Waals surface area contributed by atoms with Gasteiger partial charge in [-0.1, -0.05) is 25.5 Å². The molecule has 24 heavy (non-hydrogen) atoms. The molecule has 1 aromatic carbocycles. The van der Waals surface area contributed by atoms with Gasteiger partial charge in [0, 0.05) is 19.3 Å². The fourth-order valence-electron chi connectivity index (χ4n) is 1.87. The van der Waals surface area contributed by atoms with E-state index in [1.807, 2.05) is 13.0 Å². The van der Waals surface area contributed by atoms with Gasteiger partial charge in [-0.15, -0.1) is 0 Å². The maximum atomic E-state index is 11.8. The highest BCUT2D eigenvalue weighted by atomic mass is 16.5. The summed E-state index contributed by atoms with van der Waals surface area (Å²) >= 11 is 0. The summed E-state index contributed by atoms with van der Waals surface area (Å²) in [5.41, 5.74) is 1.45. The van der Waals surface area contributed by atoms with Gasteiger partial charge in [0.1, 0.15) is 11.6 Å². The minimum absolute atomic E-state index is 0.0363. The molecule has 2 N–H and O–H groups in total. The molecule has 1 aromatic rings. The Morgan fingerprint density at radius 3 is 2.54 bits per heavy atom. The quantitative estimate of drug-likeness (QED) is 0.314. The third-order valence-corrected chi connectivity index (χ3v) is 3.20. The number of nitrogens with zero attached hydrogens (tertiary/aromatic N) is 1. The predicted molar refractivity (Wildman–Crippen MR) is 90.9 cm³/mol. The molecule has 1 rings (SSSR count). The second-order valence-corrected chi connectivity index (χ2v) is 5.08. The molecule has 0 spiro atoms. The minimum Gasteiger partial charge on any atom is -0.462 e. The number of nitriles is 1. The van der Waals surface area contributed by atoms with Crippen molar-refractivity contribution in [2.24, 2.45) is 0 Å². The van der Waals surface area contributed by atoms with Crippen molar-refractivity contribution in [3.63, 3.8) is 0 Å². The van der Waals surface area contributed by atoms with E-state index >= 15 is 0 Å². The van der Waals surface area contributed by atoms with E-state index < -0.39 is 0 Å². The average molecular weight is 329 g/mol. The molecule has 0 bridgehead atoms. The van der Waals surface area contributed by atoms with Crippen LogP contribution in [0.5, 0.6) is 0 Å². The molecule has 0 aliphatic heterocycles. The van der Waals surface area contributed by atoms with E-state index in [1.165, 1.54) is 6.20 Å². The summed E-state index contributed by atoms with van der Waals surface area (Å²) in [6, 6.07) is 8.83. The topological polar surface area (TPSA) is 91.2 Å². The summed E-state index contributed by atoms with van der Waals surface area (Å²) in [7, 11) is 0. The van der Waals surface area contributed by atoms with E-state index in [0.717, 1.165) is 18.4 Å². The van der Waals surface area contributed by atoms with E-state index in [0.29, 0.717) is 25.3 Å². The molecular formula is C18H23N3O3. The van der Waals surface area contributed by atoms with E-state index in [4.69, 9.17) is 10.00 Å². The van der Waals surface area contributed by atoms with Crippen LogP contribution in [-0.2, 0) is 16.1 Å². The molecule has 0 aliphatic carbocycles. The fourth-order valence-corrected chi connectivity index (χ4v) is 1.87. The molecule has 0 heterocycles. The van der Waals surface area contributed by atoms with Gasteiger partial charge in [0.25, 0.3) is 5.91 Å². The Balaban J connectivity index is 2.53. The van der Waals surface area contributed by atoms with E-state index in [2.05, 4.69) is 10.6 Å². The van der Waals surface area contributed by atoms with Gasteiger partial charge in [-0.25, -0.2) is 4.79 Å². The second-order valence-electron chi connectivity index (χ2n) is 5.08. The molecule has 6 nitrogen and oxygen atoms in total. The van der Waals surface area contributed by atoms with Gasteiger partial charge in [0.05, 0.1) is 12.2 Å². The van der Waals surface area contributed by atoms with Crippen LogP contribution in [0.4, 0.5) is 0 Å². The first-order valence-corrected chi connectivity index (χ1v) is 8.00. The molecule has 0 unspecified atom stereocenters. The minimum atomic E-state index is -0.379. The molecule has 0 saturated carbocycles. The van der Waals surface area contributed by atoms with Crippen LogP contribution < -0.4 is 10.6 Å². The van der Waals surface area contributed by atoms with Gasteiger partial charge in [-0.3, -0.25) is 4.79 Å². The van der Waals surface area contributed by atoms with Crippen LogP contribution in [0.15, 0.2) is 36.0 Å². The van der Waals surface area contributed by atoms with Crippen LogP contribution in [0.3, 0.4) is 0 Å².